The minimum Gasteiger partial charge on any atom is -0.493 e. The first kappa shape index (κ1) is 14.8. The minimum absolute atomic E-state index is 0.0365. The van der Waals surface area contributed by atoms with Crippen molar-refractivity contribution in [3.8, 4) is 11.5 Å². The van der Waals surface area contributed by atoms with Crippen LogP contribution in [0.15, 0.2) is 40.2 Å². The van der Waals surface area contributed by atoms with Crippen molar-refractivity contribution in [2.24, 2.45) is 0 Å². The Bertz CT molecular complexity index is 646. The Morgan fingerprint density at radius 2 is 2.00 bits per heavy atom. The molecule has 0 atom stereocenters. The highest BCUT2D eigenvalue weighted by atomic mass is 79.9. The lowest BCUT2D eigenvalue weighted by atomic mass is 10.1. The predicted molar refractivity (Wildman–Crippen MR) is 84.9 cm³/mol. The van der Waals surface area contributed by atoms with E-state index in [1.165, 1.54) is 17.4 Å². The molecule has 0 bridgehead atoms. The highest BCUT2D eigenvalue weighted by molar-refractivity contribution is 9.11. The van der Waals surface area contributed by atoms with Gasteiger partial charge in [0.25, 0.3) is 0 Å². The van der Waals surface area contributed by atoms with E-state index in [1.54, 1.807) is 26.4 Å². The van der Waals surface area contributed by atoms with Gasteiger partial charge in [-0.15, -0.1) is 11.3 Å². The van der Waals surface area contributed by atoms with Gasteiger partial charge in [0.15, 0.2) is 17.3 Å². The van der Waals surface area contributed by atoms with Gasteiger partial charge in [0.2, 0.25) is 0 Å². The van der Waals surface area contributed by atoms with Gasteiger partial charge < -0.3 is 9.47 Å². The van der Waals surface area contributed by atoms with Crippen molar-refractivity contribution in [3.05, 3.63) is 50.6 Å². The first-order valence-electron chi connectivity index (χ1n) is 5.84. The van der Waals surface area contributed by atoms with Crippen LogP contribution < -0.4 is 9.47 Å². The molecule has 104 valence electrons. The van der Waals surface area contributed by atoms with Crippen LogP contribution in [-0.2, 0) is 0 Å². The maximum atomic E-state index is 12.0. The van der Waals surface area contributed by atoms with Gasteiger partial charge in [0, 0.05) is 5.56 Å². The Balaban J connectivity index is 2.25. The van der Waals surface area contributed by atoms with Crippen molar-refractivity contribution >= 4 is 39.1 Å². The van der Waals surface area contributed by atoms with Gasteiger partial charge in [0.1, 0.15) is 0 Å². The summed E-state index contributed by atoms with van der Waals surface area (Å²) in [7, 11) is 3.16. The van der Waals surface area contributed by atoms with Crippen molar-refractivity contribution < 1.29 is 14.3 Å². The Kier molecular flexibility index (Phi) is 4.98. The second kappa shape index (κ2) is 6.72. The van der Waals surface area contributed by atoms with Crippen LogP contribution >= 0.6 is 27.3 Å². The van der Waals surface area contributed by atoms with Gasteiger partial charge in [-0.1, -0.05) is 12.1 Å². The SMILES string of the molecule is COc1cccc(/C=C/C(=O)c2ccc(Br)s2)c1OC. The summed E-state index contributed by atoms with van der Waals surface area (Å²) in [6.07, 6.45) is 3.27. The van der Waals surface area contributed by atoms with Crippen LogP contribution in [0.4, 0.5) is 0 Å². The fraction of sp³-hybridized carbons (Fsp3) is 0.133. The molecule has 0 saturated carbocycles. The van der Waals surface area contributed by atoms with E-state index >= 15 is 0 Å². The molecule has 1 aromatic heterocycles. The first-order valence-corrected chi connectivity index (χ1v) is 7.45. The fourth-order valence-electron chi connectivity index (χ4n) is 1.74. The number of methoxy groups -OCH3 is 2. The molecule has 20 heavy (non-hydrogen) atoms. The van der Waals surface area contributed by atoms with E-state index in [-0.39, 0.29) is 5.78 Å². The average Bonchev–Trinajstić information content (AvgIpc) is 2.90. The van der Waals surface area contributed by atoms with E-state index in [0.29, 0.717) is 16.4 Å². The summed E-state index contributed by atoms with van der Waals surface area (Å²) in [5.74, 6) is 1.22. The van der Waals surface area contributed by atoms with Gasteiger partial charge in [-0.3, -0.25) is 4.79 Å². The summed E-state index contributed by atoms with van der Waals surface area (Å²) in [4.78, 5) is 12.7. The molecule has 0 unspecified atom stereocenters. The predicted octanol–water partition coefficient (Wildman–Crippen LogP) is 4.42. The monoisotopic (exact) mass is 352 g/mol. The van der Waals surface area contributed by atoms with E-state index in [1.807, 2.05) is 24.3 Å². The first-order chi connectivity index (χ1) is 9.65. The highest BCUT2D eigenvalue weighted by Gasteiger charge is 2.08. The van der Waals surface area contributed by atoms with Crippen LogP contribution in [0.5, 0.6) is 11.5 Å². The fourth-order valence-corrected chi connectivity index (χ4v) is 3.04. The van der Waals surface area contributed by atoms with E-state index in [9.17, 15) is 4.79 Å². The molecule has 0 saturated heterocycles. The summed E-state index contributed by atoms with van der Waals surface area (Å²) in [5.41, 5.74) is 0.802. The van der Waals surface area contributed by atoms with Crippen LogP contribution in [0, 0.1) is 0 Å². The molecular formula is C15H13BrO3S. The Morgan fingerprint density at radius 1 is 1.20 bits per heavy atom. The molecule has 0 radical (unpaired) electrons. The molecule has 0 spiro atoms. The molecule has 1 aromatic carbocycles. The number of halogens is 1. The number of hydrogen-bond acceptors (Lipinski definition) is 4. The number of allylic oxidation sites excluding steroid dienone is 1. The molecule has 1 heterocycles. The van der Waals surface area contributed by atoms with Gasteiger partial charge >= 0.3 is 0 Å². The summed E-state index contributed by atoms with van der Waals surface area (Å²) in [6.45, 7) is 0. The number of hydrogen-bond donors (Lipinski definition) is 0. The van der Waals surface area contributed by atoms with Gasteiger partial charge in [0.05, 0.1) is 22.9 Å². The van der Waals surface area contributed by atoms with E-state index in [2.05, 4.69) is 15.9 Å². The lowest BCUT2D eigenvalue weighted by Crippen LogP contribution is -1.93. The molecule has 0 aliphatic rings. The molecule has 0 aliphatic carbocycles. The molecule has 0 amide bonds. The lowest BCUT2D eigenvalue weighted by molar-refractivity contribution is 0.105. The number of rotatable bonds is 5. The standard InChI is InChI=1S/C15H13BrO3S/c1-18-12-5-3-4-10(15(12)19-2)6-7-11(17)13-8-9-14(16)20-13/h3-9H,1-2H3/b7-6+. The van der Waals surface area contributed by atoms with Crippen molar-refractivity contribution in [3.63, 3.8) is 0 Å². The number of ether oxygens (including phenoxy) is 2. The zero-order chi connectivity index (χ0) is 14.5. The maximum absolute atomic E-state index is 12.0. The second-order valence-electron chi connectivity index (χ2n) is 3.88. The summed E-state index contributed by atoms with van der Waals surface area (Å²) in [5, 5.41) is 0. The van der Waals surface area contributed by atoms with Gasteiger partial charge in [-0.2, -0.15) is 0 Å². The topological polar surface area (TPSA) is 35.5 Å². The van der Waals surface area contributed by atoms with Crippen LogP contribution in [0.3, 0.4) is 0 Å². The molecule has 0 fully saturated rings. The largest absolute Gasteiger partial charge is 0.493 e. The number of carbonyl (C=O) groups is 1. The molecule has 2 aromatic rings. The minimum atomic E-state index is -0.0365. The van der Waals surface area contributed by atoms with Gasteiger partial charge in [-0.25, -0.2) is 0 Å². The van der Waals surface area contributed by atoms with E-state index in [4.69, 9.17) is 9.47 Å². The van der Waals surface area contributed by atoms with E-state index < -0.39 is 0 Å². The lowest BCUT2D eigenvalue weighted by Gasteiger charge is -2.09. The van der Waals surface area contributed by atoms with Crippen molar-refractivity contribution in [2.45, 2.75) is 0 Å². The second-order valence-corrected chi connectivity index (χ2v) is 6.35. The number of para-hydroxylation sites is 1. The van der Waals surface area contributed by atoms with Crippen molar-refractivity contribution in [1.82, 2.24) is 0 Å². The van der Waals surface area contributed by atoms with E-state index in [0.717, 1.165) is 9.35 Å². The molecular weight excluding hydrogens is 340 g/mol. The van der Waals surface area contributed by atoms with Crippen LogP contribution in [-0.4, -0.2) is 20.0 Å². The quantitative estimate of drug-likeness (QED) is 0.590. The average molecular weight is 353 g/mol. The molecule has 5 heteroatoms. The number of carbonyl (C=O) groups excluding carboxylic acids is 1. The Hall–Kier alpha value is -1.59. The molecule has 3 nitrogen and oxygen atoms in total. The van der Waals surface area contributed by atoms with Gasteiger partial charge in [-0.05, 0) is 46.3 Å². The van der Waals surface area contributed by atoms with Crippen molar-refractivity contribution in [1.29, 1.82) is 0 Å². The smallest absolute Gasteiger partial charge is 0.195 e. The normalized spacial score (nSPS) is 10.8. The zero-order valence-corrected chi connectivity index (χ0v) is 13.5. The molecule has 2 rings (SSSR count). The summed E-state index contributed by atoms with van der Waals surface area (Å²) >= 11 is 4.75. The summed E-state index contributed by atoms with van der Waals surface area (Å²) in [6, 6.07) is 9.19. The van der Waals surface area contributed by atoms with Crippen LogP contribution in [0.2, 0.25) is 0 Å². The molecule has 0 N–H and O–H groups in total. The number of benzene rings is 1. The maximum Gasteiger partial charge on any atom is 0.195 e. The summed E-state index contributed by atoms with van der Waals surface area (Å²) < 4.78 is 11.5. The van der Waals surface area contributed by atoms with Crippen LogP contribution in [0.1, 0.15) is 15.2 Å². The Morgan fingerprint density at radius 3 is 2.60 bits per heavy atom. The van der Waals surface area contributed by atoms with Crippen LogP contribution in [0.25, 0.3) is 6.08 Å². The molecule has 0 aliphatic heterocycles. The zero-order valence-electron chi connectivity index (χ0n) is 11.1. The number of ketones is 1. The Labute approximate surface area is 130 Å². The third kappa shape index (κ3) is 3.29. The third-order valence-electron chi connectivity index (χ3n) is 2.66. The van der Waals surface area contributed by atoms with Crippen molar-refractivity contribution in [2.75, 3.05) is 14.2 Å². The highest BCUT2D eigenvalue weighted by Crippen LogP contribution is 2.31. The third-order valence-corrected chi connectivity index (χ3v) is 4.30. The number of thiophene rings is 1.